The molecule has 7 nitrogen and oxygen atoms in total. The SMILES string of the molecule is O=C1CCC(N2C(=O)c3ccc(F)c(CCCCCCCCNC45CC6CC(CC(C6)C4)C5)c3C2=O)C(=O)N1. The number of piperidine rings is 1. The van der Waals surface area contributed by atoms with Crippen LogP contribution in [-0.4, -0.2) is 46.7 Å². The Hall–Kier alpha value is -2.61. The average Bonchev–Trinajstić information content (AvgIpc) is 3.13. The van der Waals surface area contributed by atoms with Crippen LogP contribution in [0.15, 0.2) is 12.1 Å². The zero-order valence-corrected chi connectivity index (χ0v) is 22.7. The molecular formula is C31H40FN3O4. The average molecular weight is 538 g/mol. The molecule has 5 fully saturated rings. The standard InChI is InChI=1S/C31H40FN3O4/c32-24-9-8-23-27(30(39)35(29(23)38)25-10-11-26(36)34-28(25)37)22(24)7-5-3-1-2-4-6-12-33-31-16-19-13-20(17-31)15-21(14-19)18-31/h8-9,19-21,25,33H,1-7,10-18H2,(H,34,36,37). The van der Waals surface area contributed by atoms with Gasteiger partial charge in [0, 0.05) is 17.5 Å². The molecule has 2 heterocycles. The molecule has 39 heavy (non-hydrogen) atoms. The van der Waals surface area contributed by atoms with Gasteiger partial charge in [0.2, 0.25) is 11.8 Å². The van der Waals surface area contributed by atoms with E-state index < -0.39 is 35.5 Å². The molecule has 4 aliphatic carbocycles. The number of amides is 4. The summed E-state index contributed by atoms with van der Waals surface area (Å²) in [7, 11) is 0. The number of hydrogen-bond acceptors (Lipinski definition) is 5. The molecule has 1 unspecified atom stereocenters. The number of unbranched alkanes of at least 4 members (excludes halogenated alkanes) is 5. The van der Waals surface area contributed by atoms with E-state index in [4.69, 9.17) is 0 Å². The van der Waals surface area contributed by atoms with Crippen molar-refractivity contribution in [2.75, 3.05) is 6.54 Å². The van der Waals surface area contributed by atoms with E-state index >= 15 is 0 Å². The van der Waals surface area contributed by atoms with Gasteiger partial charge in [0.1, 0.15) is 11.9 Å². The third-order valence-electron chi connectivity index (χ3n) is 10.1. The summed E-state index contributed by atoms with van der Waals surface area (Å²) < 4.78 is 14.8. The van der Waals surface area contributed by atoms with E-state index in [1.165, 1.54) is 63.5 Å². The number of halogens is 1. The number of fused-ring (bicyclic) bond motifs is 1. The Bertz CT molecular complexity index is 1150. The lowest BCUT2D eigenvalue weighted by atomic mass is 9.53. The quantitative estimate of drug-likeness (QED) is 0.316. The summed E-state index contributed by atoms with van der Waals surface area (Å²) >= 11 is 0. The smallest absolute Gasteiger partial charge is 0.262 e. The number of nitrogens with one attached hydrogen (secondary N) is 2. The highest BCUT2D eigenvalue weighted by Gasteiger charge is 2.50. The number of rotatable bonds is 11. The van der Waals surface area contributed by atoms with E-state index in [0.29, 0.717) is 12.0 Å². The lowest BCUT2D eigenvalue weighted by Gasteiger charge is -2.57. The molecule has 7 rings (SSSR count). The predicted molar refractivity (Wildman–Crippen MR) is 143 cm³/mol. The third-order valence-corrected chi connectivity index (χ3v) is 10.1. The minimum atomic E-state index is -1.04. The molecule has 6 aliphatic rings. The van der Waals surface area contributed by atoms with E-state index in [1.807, 2.05) is 0 Å². The largest absolute Gasteiger partial charge is 0.311 e. The van der Waals surface area contributed by atoms with Crippen LogP contribution in [0.3, 0.4) is 0 Å². The monoisotopic (exact) mass is 537 g/mol. The first-order valence-corrected chi connectivity index (χ1v) is 15.1. The van der Waals surface area contributed by atoms with Crippen molar-refractivity contribution in [3.63, 3.8) is 0 Å². The van der Waals surface area contributed by atoms with Gasteiger partial charge in [-0.15, -0.1) is 0 Å². The van der Waals surface area contributed by atoms with Gasteiger partial charge in [-0.1, -0.05) is 25.7 Å². The normalized spacial score (nSPS) is 31.3. The van der Waals surface area contributed by atoms with Gasteiger partial charge in [-0.25, -0.2) is 4.39 Å². The Labute approximate surface area is 229 Å². The fourth-order valence-electron chi connectivity index (χ4n) is 8.66. The summed E-state index contributed by atoms with van der Waals surface area (Å²) in [4.78, 5) is 50.9. The van der Waals surface area contributed by atoms with E-state index in [9.17, 15) is 23.6 Å². The van der Waals surface area contributed by atoms with Crippen LogP contribution in [0.5, 0.6) is 0 Å². The number of benzene rings is 1. The number of hydrogen-bond donors (Lipinski definition) is 2. The van der Waals surface area contributed by atoms with Gasteiger partial charge in [-0.05, 0) is 101 Å². The second kappa shape index (κ2) is 10.8. The van der Waals surface area contributed by atoms with Crippen molar-refractivity contribution in [3.8, 4) is 0 Å². The summed E-state index contributed by atoms with van der Waals surface area (Å²) in [6, 6.07) is 1.53. The second-order valence-corrected chi connectivity index (χ2v) is 12.9. The highest BCUT2D eigenvalue weighted by atomic mass is 19.1. The molecule has 4 saturated carbocycles. The lowest BCUT2D eigenvalue weighted by Crippen LogP contribution is -2.58. The minimum absolute atomic E-state index is 0.0589. The van der Waals surface area contributed by atoms with Crippen LogP contribution in [0, 0.1) is 23.6 Å². The first-order chi connectivity index (χ1) is 18.8. The number of carbonyl (C=O) groups is 4. The zero-order valence-electron chi connectivity index (χ0n) is 22.7. The van der Waals surface area contributed by atoms with Crippen LogP contribution in [0.4, 0.5) is 4.39 Å². The van der Waals surface area contributed by atoms with Crippen LogP contribution >= 0.6 is 0 Å². The van der Waals surface area contributed by atoms with Crippen molar-refractivity contribution in [2.24, 2.45) is 17.8 Å². The highest BCUT2D eigenvalue weighted by Crippen LogP contribution is 2.55. The summed E-state index contributed by atoms with van der Waals surface area (Å²) in [5.41, 5.74) is 0.926. The molecule has 1 atom stereocenters. The molecule has 210 valence electrons. The first-order valence-electron chi connectivity index (χ1n) is 15.1. The molecule has 8 heteroatoms. The lowest BCUT2D eigenvalue weighted by molar-refractivity contribution is -0.136. The van der Waals surface area contributed by atoms with Gasteiger partial charge in [0.25, 0.3) is 11.8 Å². The molecule has 1 aromatic rings. The van der Waals surface area contributed by atoms with Crippen molar-refractivity contribution in [1.29, 1.82) is 0 Å². The van der Waals surface area contributed by atoms with Crippen molar-refractivity contribution >= 4 is 23.6 Å². The molecule has 4 amide bonds. The minimum Gasteiger partial charge on any atom is -0.311 e. The predicted octanol–water partition coefficient (Wildman–Crippen LogP) is 4.67. The van der Waals surface area contributed by atoms with E-state index in [2.05, 4.69) is 10.6 Å². The topological polar surface area (TPSA) is 95.6 Å². The number of carbonyl (C=O) groups excluding carboxylic acids is 4. The van der Waals surface area contributed by atoms with Gasteiger partial charge in [-0.3, -0.25) is 29.4 Å². The highest BCUT2D eigenvalue weighted by molar-refractivity contribution is 6.24. The number of imide groups is 2. The molecular weight excluding hydrogens is 497 g/mol. The van der Waals surface area contributed by atoms with Crippen LogP contribution < -0.4 is 10.6 Å². The molecule has 2 aliphatic heterocycles. The fourth-order valence-corrected chi connectivity index (χ4v) is 8.66. The van der Waals surface area contributed by atoms with Gasteiger partial charge in [0.15, 0.2) is 0 Å². The third kappa shape index (κ3) is 5.17. The van der Waals surface area contributed by atoms with Crippen molar-refractivity contribution < 1.29 is 23.6 Å². The summed E-state index contributed by atoms with van der Waals surface area (Å²) in [5, 5.41) is 6.17. The van der Waals surface area contributed by atoms with Crippen LogP contribution in [0.2, 0.25) is 0 Å². The number of nitrogens with zero attached hydrogens (tertiary/aromatic N) is 1. The molecule has 4 bridgehead atoms. The van der Waals surface area contributed by atoms with Crippen molar-refractivity contribution in [2.45, 2.75) is 108 Å². The van der Waals surface area contributed by atoms with Gasteiger partial charge >= 0.3 is 0 Å². The Morgan fingerprint density at radius 2 is 1.51 bits per heavy atom. The fraction of sp³-hybridized carbons (Fsp3) is 0.677. The maximum atomic E-state index is 14.8. The Balaban J connectivity index is 0.947. The van der Waals surface area contributed by atoms with Gasteiger partial charge in [-0.2, -0.15) is 0 Å². The van der Waals surface area contributed by atoms with Crippen LogP contribution in [-0.2, 0) is 16.0 Å². The zero-order chi connectivity index (χ0) is 27.1. The molecule has 0 aromatic heterocycles. The van der Waals surface area contributed by atoms with E-state index in [0.717, 1.165) is 54.9 Å². The maximum Gasteiger partial charge on any atom is 0.262 e. The van der Waals surface area contributed by atoms with Crippen molar-refractivity contribution in [1.82, 2.24) is 15.5 Å². The molecule has 0 radical (unpaired) electrons. The van der Waals surface area contributed by atoms with Crippen LogP contribution in [0.25, 0.3) is 0 Å². The summed E-state index contributed by atoms with van der Waals surface area (Å²) in [5.74, 6) is 0.110. The van der Waals surface area contributed by atoms with Crippen molar-refractivity contribution in [3.05, 3.63) is 34.6 Å². The van der Waals surface area contributed by atoms with E-state index in [-0.39, 0.29) is 29.5 Å². The molecule has 2 N–H and O–H groups in total. The Morgan fingerprint density at radius 1 is 0.872 bits per heavy atom. The van der Waals surface area contributed by atoms with Gasteiger partial charge < -0.3 is 5.32 Å². The second-order valence-electron chi connectivity index (χ2n) is 12.9. The van der Waals surface area contributed by atoms with E-state index in [1.54, 1.807) is 0 Å². The van der Waals surface area contributed by atoms with Crippen LogP contribution in [0.1, 0.15) is 116 Å². The molecule has 0 spiro atoms. The van der Waals surface area contributed by atoms with Gasteiger partial charge in [0.05, 0.1) is 11.1 Å². The maximum absolute atomic E-state index is 14.8. The first kappa shape index (κ1) is 26.6. The molecule has 1 aromatic carbocycles. The Morgan fingerprint density at radius 3 is 2.18 bits per heavy atom. The Kier molecular flexibility index (Phi) is 7.34. The molecule has 1 saturated heterocycles. The summed E-state index contributed by atoms with van der Waals surface area (Å²) in [6.45, 7) is 1.10. The summed E-state index contributed by atoms with van der Waals surface area (Å²) in [6.07, 6.45) is 15.3.